The number of H-pyrrole nitrogens is 1. The number of ether oxygens (including phenoxy) is 1. The van der Waals surface area contributed by atoms with Crippen LogP contribution in [0.2, 0.25) is 0 Å². The SMILES string of the molecule is CC(C)NC=O.COC1CCC(c2cc(Nc3cccc4c3CS(=O)CC4O)n[nH]2)C1. The van der Waals surface area contributed by atoms with Crippen LogP contribution >= 0.6 is 0 Å². The van der Waals surface area contributed by atoms with E-state index in [1.165, 1.54) is 0 Å². The molecular weight excluding hydrogens is 416 g/mol. The Morgan fingerprint density at radius 1 is 1.35 bits per heavy atom. The van der Waals surface area contributed by atoms with Gasteiger partial charge in [-0.15, -0.1) is 0 Å². The van der Waals surface area contributed by atoms with Gasteiger partial charge in [0.15, 0.2) is 5.82 Å². The van der Waals surface area contributed by atoms with Crippen LogP contribution in [0.5, 0.6) is 0 Å². The molecule has 2 aliphatic rings. The molecular formula is C22H32N4O4S. The number of aliphatic hydroxyl groups excluding tert-OH is 1. The number of benzene rings is 1. The number of nitrogens with one attached hydrogen (secondary N) is 3. The van der Waals surface area contributed by atoms with Crippen molar-refractivity contribution in [3.05, 3.63) is 41.1 Å². The normalized spacial score (nSPS) is 24.8. The minimum atomic E-state index is -1.03. The third kappa shape index (κ3) is 6.15. The van der Waals surface area contributed by atoms with Gasteiger partial charge in [-0.2, -0.15) is 5.10 Å². The highest BCUT2D eigenvalue weighted by Crippen LogP contribution is 2.37. The molecule has 0 spiro atoms. The zero-order chi connectivity index (χ0) is 22.4. The molecule has 1 aromatic carbocycles. The Morgan fingerprint density at radius 2 is 2.16 bits per heavy atom. The van der Waals surface area contributed by atoms with Gasteiger partial charge in [-0.05, 0) is 50.3 Å². The number of aromatic amines is 1. The van der Waals surface area contributed by atoms with Crippen LogP contribution < -0.4 is 10.6 Å². The molecule has 1 fully saturated rings. The van der Waals surface area contributed by atoms with Crippen molar-refractivity contribution in [2.75, 3.05) is 18.2 Å². The standard InChI is InChI=1S/C18H23N3O3S.C4H9NO/c1-24-12-6-5-11(7-12)16-8-18(21-20-16)19-15-4-2-3-13-14(15)9-25(23)10-17(13)22;1-4(2)5-3-6/h2-4,8,11-12,17,22H,5-7,9-10H2,1H3,(H2,19,20,21);3-4H,1-2H3,(H,5,6). The fourth-order valence-corrected chi connectivity index (χ4v) is 5.30. The summed E-state index contributed by atoms with van der Waals surface area (Å²) in [6, 6.07) is 8.08. The molecule has 4 rings (SSSR count). The Balaban J connectivity index is 0.000000401. The number of methoxy groups -OCH3 is 1. The molecule has 31 heavy (non-hydrogen) atoms. The molecule has 170 valence electrons. The number of aromatic nitrogens is 2. The van der Waals surface area contributed by atoms with Gasteiger partial charge in [0.1, 0.15) is 0 Å². The fraction of sp³-hybridized carbons (Fsp3) is 0.545. The van der Waals surface area contributed by atoms with Gasteiger partial charge in [0.05, 0.1) is 23.7 Å². The van der Waals surface area contributed by atoms with Gasteiger partial charge < -0.3 is 20.5 Å². The molecule has 0 bridgehead atoms. The van der Waals surface area contributed by atoms with E-state index in [1.807, 2.05) is 38.1 Å². The average Bonchev–Trinajstić information content (AvgIpc) is 3.38. The van der Waals surface area contributed by atoms with Crippen LogP contribution in [0.4, 0.5) is 11.5 Å². The van der Waals surface area contributed by atoms with Gasteiger partial charge >= 0.3 is 0 Å². The lowest BCUT2D eigenvalue weighted by molar-refractivity contribution is -0.109. The first kappa shape index (κ1) is 23.4. The van der Waals surface area contributed by atoms with Crippen LogP contribution in [0.1, 0.15) is 62.0 Å². The van der Waals surface area contributed by atoms with E-state index in [9.17, 15) is 14.1 Å². The lowest BCUT2D eigenvalue weighted by Crippen LogP contribution is -2.20. The van der Waals surface area contributed by atoms with E-state index in [-0.39, 0.29) is 6.04 Å². The van der Waals surface area contributed by atoms with Crippen molar-refractivity contribution in [2.24, 2.45) is 0 Å². The lowest BCUT2D eigenvalue weighted by atomic mass is 10.0. The van der Waals surface area contributed by atoms with E-state index in [4.69, 9.17) is 4.74 Å². The molecule has 2 heterocycles. The predicted octanol–water partition coefficient (Wildman–Crippen LogP) is 2.87. The molecule has 1 saturated carbocycles. The second kappa shape index (κ2) is 10.9. The number of rotatable bonds is 6. The summed E-state index contributed by atoms with van der Waals surface area (Å²) >= 11 is 0. The van der Waals surface area contributed by atoms with Crippen molar-refractivity contribution >= 4 is 28.7 Å². The largest absolute Gasteiger partial charge is 0.387 e. The molecule has 0 radical (unpaired) electrons. The second-order valence-corrected chi connectivity index (χ2v) is 9.78. The number of carbonyl (C=O) groups is 1. The highest BCUT2D eigenvalue weighted by Gasteiger charge is 2.28. The van der Waals surface area contributed by atoms with E-state index < -0.39 is 16.9 Å². The van der Waals surface area contributed by atoms with Crippen molar-refractivity contribution in [2.45, 2.75) is 63.0 Å². The molecule has 4 unspecified atom stereocenters. The van der Waals surface area contributed by atoms with Crippen LogP contribution in [-0.2, 0) is 26.1 Å². The first-order valence-corrected chi connectivity index (χ1v) is 12.1. The Hall–Kier alpha value is -2.23. The molecule has 4 atom stereocenters. The molecule has 4 N–H and O–H groups in total. The number of aliphatic hydroxyl groups is 1. The predicted molar refractivity (Wildman–Crippen MR) is 122 cm³/mol. The number of fused-ring (bicyclic) bond motifs is 1. The van der Waals surface area contributed by atoms with Gasteiger partial charge in [-0.3, -0.25) is 14.1 Å². The van der Waals surface area contributed by atoms with E-state index in [0.717, 1.165) is 47.6 Å². The number of anilines is 2. The minimum Gasteiger partial charge on any atom is -0.387 e. The number of hydrogen-bond donors (Lipinski definition) is 4. The van der Waals surface area contributed by atoms with Crippen LogP contribution in [-0.4, -0.2) is 50.9 Å². The summed E-state index contributed by atoms with van der Waals surface area (Å²) in [5, 5.41) is 23.5. The smallest absolute Gasteiger partial charge is 0.207 e. The summed E-state index contributed by atoms with van der Waals surface area (Å²) in [6.45, 7) is 3.82. The van der Waals surface area contributed by atoms with Crippen molar-refractivity contribution in [3.8, 4) is 0 Å². The molecule has 0 saturated heterocycles. The highest BCUT2D eigenvalue weighted by atomic mass is 32.2. The topological polar surface area (TPSA) is 116 Å². The van der Waals surface area contributed by atoms with Gasteiger partial charge in [0.2, 0.25) is 6.41 Å². The molecule has 1 amide bonds. The molecule has 1 aromatic heterocycles. The van der Waals surface area contributed by atoms with Crippen molar-refractivity contribution in [1.29, 1.82) is 0 Å². The maximum absolute atomic E-state index is 12.0. The van der Waals surface area contributed by atoms with Crippen LogP contribution in [0.25, 0.3) is 0 Å². The summed E-state index contributed by atoms with van der Waals surface area (Å²) in [4.78, 5) is 9.50. The van der Waals surface area contributed by atoms with E-state index >= 15 is 0 Å². The molecule has 9 heteroatoms. The monoisotopic (exact) mass is 448 g/mol. The Labute approximate surface area is 185 Å². The van der Waals surface area contributed by atoms with Crippen LogP contribution in [0.15, 0.2) is 24.3 Å². The van der Waals surface area contributed by atoms with Crippen molar-refractivity contribution in [1.82, 2.24) is 15.5 Å². The van der Waals surface area contributed by atoms with Gasteiger partial charge in [0.25, 0.3) is 0 Å². The van der Waals surface area contributed by atoms with Crippen LogP contribution in [0.3, 0.4) is 0 Å². The fourth-order valence-electron chi connectivity index (χ4n) is 4.00. The van der Waals surface area contributed by atoms with E-state index in [1.54, 1.807) is 7.11 Å². The maximum atomic E-state index is 12.0. The van der Waals surface area contributed by atoms with Gasteiger partial charge in [0, 0.05) is 47.3 Å². The minimum absolute atomic E-state index is 0.280. The van der Waals surface area contributed by atoms with E-state index in [0.29, 0.717) is 29.9 Å². The average molecular weight is 449 g/mol. The number of hydrogen-bond acceptors (Lipinski definition) is 6. The first-order chi connectivity index (χ1) is 14.9. The van der Waals surface area contributed by atoms with Gasteiger partial charge in [-0.25, -0.2) is 0 Å². The summed E-state index contributed by atoms with van der Waals surface area (Å²) in [5.74, 6) is 1.97. The van der Waals surface area contributed by atoms with Crippen molar-refractivity contribution < 1.29 is 18.8 Å². The summed E-state index contributed by atoms with van der Waals surface area (Å²) in [6.07, 6.45) is 3.58. The van der Waals surface area contributed by atoms with Crippen LogP contribution in [0, 0.1) is 0 Å². The summed E-state index contributed by atoms with van der Waals surface area (Å²) in [7, 11) is 0.734. The summed E-state index contributed by atoms with van der Waals surface area (Å²) < 4.78 is 17.4. The maximum Gasteiger partial charge on any atom is 0.207 e. The Morgan fingerprint density at radius 3 is 2.81 bits per heavy atom. The molecule has 1 aliphatic carbocycles. The summed E-state index contributed by atoms with van der Waals surface area (Å²) in [5.41, 5.74) is 3.77. The third-order valence-corrected chi connectivity index (χ3v) is 6.94. The number of amides is 1. The Kier molecular flexibility index (Phi) is 8.22. The third-order valence-electron chi connectivity index (χ3n) is 5.64. The van der Waals surface area contributed by atoms with Crippen molar-refractivity contribution in [3.63, 3.8) is 0 Å². The second-order valence-electron chi connectivity index (χ2n) is 8.28. The zero-order valence-corrected chi connectivity index (χ0v) is 19.1. The number of nitrogens with zero attached hydrogens (tertiary/aromatic N) is 1. The molecule has 2 aromatic rings. The van der Waals surface area contributed by atoms with Gasteiger partial charge in [-0.1, -0.05) is 12.1 Å². The Bertz CT molecular complexity index is 901. The molecule has 1 aliphatic heterocycles. The lowest BCUT2D eigenvalue weighted by Gasteiger charge is -2.23. The quantitative estimate of drug-likeness (QED) is 0.505. The number of carbonyl (C=O) groups excluding carboxylic acids is 1. The highest BCUT2D eigenvalue weighted by molar-refractivity contribution is 7.84. The molecule has 8 nitrogen and oxygen atoms in total. The first-order valence-electron chi connectivity index (χ1n) is 10.6. The van der Waals surface area contributed by atoms with E-state index in [2.05, 4.69) is 20.8 Å². The zero-order valence-electron chi connectivity index (χ0n) is 18.3.